The van der Waals surface area contributed by atoms with Gasteiger partial charge in [-0.25, -0.2) is 9.97 Å². The SMILES string of the molecule is c1ccc(C2Nc3c(ccc4c(-c5ccc(-c6cccc(-c7cn8ccccc8n7)c6)cc5)nc5ccccc5c34)O2)cc1. The fraction of sp³-hybridized carbons (Fsp3) is 0.0256. The molecule has 0 bridgehead atoms. The van der Waals surface area contributed by atoms with E-state index in [9.17, 15) is 0 Å². The van der Waals surface area contributed by atoms with E-state index in [4.69, 9.17) is 14.7 Å². The van der Waals surface area contributed by atoms with E-state index >= 15 is 0 Å². The number of hydrogen-bond acceptors (Lipinski definition) is 4. The standard InChI is InChI=1S/C39H26N4O/c1-2-9-27(10-3-1)39-42-38-34(44-39)21-20-31-36(38)30-13-4-5-14-32(30)41-37(31)26-18-16-25(17-19-26)28-11-8-12-29(23-28)33-24-43-22-7-6-15-35(43)40-33/h1-24,39,42H. The monoisotopic (exact) mass is 566 g/mol. The number of aromatic nitrogens is 3. The van der Waals surface area contributed by atoms with Crippen molar-refractivity contribution < 1.29 is 4.74 Å². The highest BCUT2D eigenvalue weighted by atomic mass is 16.5. The van der Waals surface area contributed by atoms with Crippen LogP contribution in [0.25, 0.3) is 61.0 Å². The van der Waals surface area contributed by atoms with Gasteiger partial charge in [-0.1, -0.05) is 97.1 Å². The Morgan fingerprint density at radius 3 is 2.30 bits per heavy atom. The van der Waals surface area contributed by atoms with Gasteiger partial charge in [-0.2, -0.15) is 0 Å². The molecule has 0 spiro atoms. The van der Waals surface area contributed by atoms with Crippen LogP contribution in [0.5, 0.6) is 5.75 Å². The number of benzene rings is 5. The molecule has 4 heterocycles. The minimum Gasteiger partial charge on any atom is -0.464 e. The summed E-state index contributed by atoms with van der Waals surface area (Å²) in [5.74, 6) is 0.856. The predicted octanol–water partition coefficient (Wildman–Crippen LogP) is 9.54. The van der Waals surface area contributed by atoms with Crippen LogP contribution in [-0.2, 0) is 0 Å². The normalized spacial score (nSPS) is 14.0. The van der Waals surface area contributed by atoms with E-state index in [-0.39, 0.29) is 6.23 Å². The number of fused-ring (bicyclic) bond motifs is 6. The molecule has 0 radical (unpaired) electrons. The number of rotatable bonds is 4. The van der Waals surface area contributed by atoms with Gasteiger partial charge in [0.1, 0.15) is 11.4 Å². The van der Waals surface area contributed by atoms with Gasteiger partial charge in [-0.05, 0) is 47.5 Å². The van der Waals surface area contributed by atoms with Crippen LogP contribution in [0.15, 0.2) is 146 Å². The van der Waals surface area contributed by atoms with Crippen LogP contribution < -0.4 is 10.1 Å². The van der Waals surface area contributed by atoms with Crippen molar-refractivity contribution in [2.75, 3.05) is 5.32 Å². The molecule has 0 saturated carbocycles. The number of nitrogens with zero attached hydrogens (tertiary/aromatic N) is 3. The van der Waals surface area contributed by atoms with Gasteiger partial charge < -0.3 is 14.5 Å². The number of anilines is 1. The maximum absolute atomic E-state index is 6.38. The summed E-state index contributed by atoms with van der Waals surface area (Å²) in [5, 5.41) is 6.99. The second-order valence-corrected chi connectivity index (χ2v) is 11.1. The van der Waals surface area contributed by atoms with Crippen LogP contribution >= 0.6 is 0 Å². The first-order chi connectivity index (χ1) is 21.8. The largest absolute Gasteiger partial charge is 0.464 e. The summed E-state index contributed by atoms with van der Waals surface area (Å²) in [6, 6.07) is 46.2. The molecule has 0 saturated heterocycles. The third-order valence-corrected chi connectivity index (χ3v) is 8.46. The molecule has 5 heteroatoms. The van der Waals surface area contributed by atoms with E-state index < -0.39 is 0 Å². The first-order valence-corrected chi connectivity index (χ1v) is 14.8. The molecule has 8 aromatic rings. The van der Waals surface area contributed by atoms with Crippen LogP contribution in [0.1, 0.15) is 11.8 Å². The van der Waals surface area contributed by atoms with Crippen LogP contribution in [0.3, 0.4) is 0 Å². The third-order valence-electron chi connectivity index (χ3n) is 8.46. The molecule has 3 aromatic heterocycles. The summed E-state index contributed by atoms with van der Waals surface area (Å²) in [6.07, 6.45) is 3.87. The molecule has 1 unspecified atom stereocenters. The minimum atomic E-state index is -0.234. The van der Waals surface area contributed by atoms with Crippen molar-refractivity contribution in [1.29, 1.82) is 0 Å². The summed E-state index contributed by atoms with van der Waals surface area (Å²) in [4.78, 5) is 9.99. The number of hydrogen-bond donors (Lipinski definition) is 1. The molecule has 1 aliphatic heterocycles. The van der Waals surface area contributed by atoms with Gasteiger partial charge in [0.15, 0.2) is 6.23 Å². The zero-order valence-electron chi connectivity index (χ0n) is 23.7. The van der Waals surface area contributed by atoms with Crippen LogP contribution in [0.4, 0.5) is 5.69 Å². The molecule has 208 valence electrons. The molecule has 5 nitrogen and oxygen atoms in total. The third kappa shape index (κ3) is 4.02. The van der Waals surface area contributed by atoms with E-state index in [2.05, 4.69) is 107 Å². The predicted molar refractivity (Wildman–Crippen MR) is 178 cm³/mol. The first kappa shape index (κ1) is 24.6. The van der Waals surface area contributed by atoms with Crippen molar-refractivity contribution in [3.8, 4) is 39.4 Å². The Balaban J connectivity index is 1.12. The van der Waals surface area contributed by atoms with Gasteiger partial charge in [0.2, 0.25) is 0 Å². The van der Waals surface area contributed by atoms with Gasteiger partial charge in [-0.15, -0.1) is 0 Å². The lowest BCUT2D eigenvalue weighted by molar-refractivity contribution is 0.260. The molecule has 0 aliphatic carbocycles. The summed E-state index contributed by atoms with van der Waals surface area (Å²) < 4.78 is 8.43. The Hall–Kier alpha value is -5.94. The Morgan fingerprint density at radius 1 is 0.614 bits per heavy atom. The fourth-order valence-corrected chi connectivity index (χ4v) is 6.30. The number of ether oxygens (including phenoxy) is 1. The second-order valence-electron chi connectivity index (χ2n) is 11.1. The Morgan fingerprint density at radius 2 is 1.41 bits per heavy atom. The van der Waals surface area contributed by atoms with Gasteiger partial charge in [0.25, 0.3) is 0 Å². The lowest BCUT2D eigenvalue weighted by atomic mass is 9.96. The molecule has 1 N–H and O–H groups in total. The van der Waals surface area contributed by atoms with Gasteiger partial charge in [-0.3, -0.25) is 0 Å². The minimum absolute atomic E-state index is 0.234. The number of nitrogens with one attached hydrogen (secondary N) is 1. The fourth-order valence-electron chi connectivity index (χ4n) is 6.30. The topological polar surface area (TPSA) is 51.5 Å². The highest BCUT2D eigenvalue weighted by Gasteiger charge is 2.27. The van der Waals surface area contributed by atoms with Gasteiger partial charge in [0, 0.05) is 45.2 Å². The quantitative estimate of drug-likeness (QED) is 0.216. The molecule has 5 aromatic carbocycles. The van der Waals surface area contributed by atoms with E-state index in [1.807, 2.05) is 48.7 Å². The number of imidazole rings is 1. The molecule has 9 rings (SSSR count). The van der Waals surface area contributed by atoms with E-state index in [0.717, 1.165) is 78.0 Å². The molecule has 44 heavy (non-hydrogen) atoms. The Bertz CT molecular complexity index is 2310. The van der Waals surface area contributed by atoms with Crippen LogP contribution in [0, 0.1) is 0 Å². The Kier molecular flexibility index (Phi) is 5.50. The number of pyridine rings is 2. The zero-order chi connectivity index (χ0) is 29.0. The highest BCUT2D eigenvalue weighted by Crippen LogP contribution is 2.47. The molecule has 0 fully saturated rings. The first-order valence-electron chi connectivity index (χ1n) is 14.8. The molecule has 0 amide bonds. The summed E-state index contributed by atoms with van der Waals surface area (Å²) in [6.45, 7) is 0. The van der Waals surface area contributed by atoms with E-state index in [1.54, 1.807) is 0 Å². The lowest BCUT2D eigenvalue weighted by Crippen LogP contribution is -2.09. The Labute approximate surface area is 254 Å². The summed E-state index contributed by atoms with van der Waals surface area (Å²) in [7, 11) is 0. The van der Waals surface area contributed by atoms with E-state index in [1.165, 1.54) is 0 Å². The van der Waals surface area contributed by atoms with Crippen LogP contribution in [0.2, 0.25) is 0 Å². The van der Waals surface area contributed by atoms with Crippen molar-refractivity contribution in [2.45, 2.75) is 6.23 Å². The van der Waals surface area contributed by atoms with Crippen molar-refractivity contribution in [3.63, 3.8) is 0 Å². The maximum Gasteiger partial charge on any atom is 0.196 e. The smallest absolute Gasteiger partial charge is 0.196 e. The second kappa shape index (κ2) is 9.82. The van der Waals surface area contributed by atoms with Crippen molar-refractivity contribution >= 4 is 33.0 Å². The molecular weight excluding hydrogens is 540 g/mol. The number of para-hydroxylation sites is 1. The molecule has 1 aliphatic rings. The molecular formula is C39H26N4O. The van der Waals surface area contributed by atoms with E-state index in [0.29, 0.717) is 0 Å². The summed E-state index contributed by atoms with van der Waals surface area (Å²) in [5.41, 5.74) is 10.4. The highest BCUT2D eigenvalue weighted by molar-refractivity contribution is 6.17. The van der Waals surface area contributed by atoms with Crippen LogP contribution in [-0.4, -0.2) is 14.4 Å². The molecule has 1 atom stereocenters. The summed E-state index contributed by atoms with van der Waals surface area (Å²) >= 11 is 0. The van der Waals surface area contributed by atoms with Crippen molar-refractivity contribution in [3.05, 3.63) is 151 Å². The van der Waals surface area contributed by atoms with Crippen molar-refractivity contribution in [1.82, 2.24) is 14.4 Å². The van der Waals surface area contributed by atoms with Crippen molar-refractivity contribution in [2.24, 2.45) is 0 Å². The van der Waals surface area contributed by atoms with Gasteiger partial charge >= 0.3 is 0 Å². The maximum atomic E-state index is 6.38. The lowest BCUT2D eigenvalue weighted by Gasteiger charge is -2.13. The zero-order valence-corrected chi connectivity index (χ0v) is 23.7. The van der Waals surface area contributed by atoms with Gasteiger partial charge in [0.05, 0.1) is 22.6 Å². The average Bonchev–Trinajstić information content (AvgIpc) is 3.74. The average molecular weight is 567 g/mol.